The molecule has 0 aliphatic heterocycles. The van der Waals surface area contributed by atoms with Gasteiger partial charge in [0.1, 0.15) is 0 Å². The largest absolute Gasteiger partial charge is 0.391 e. The summed E-state index contributed by atoms with van der Waals surface area (Å²) in [7, 11) is -2.34. The SMILES string of the molecule is CC(O)C(C)(C)NS(=O)(=O)c1c(Cl)cnn1C. The first kappa shape index (κ1) is 14.4. The quantitative estimate of drug-likeness (QED) is 0.842. The maximum Gasteiger partial charge on any atom is 0.259 e. The second kappa shape index (κ2) is 4.56. The van der Waals surface area contributed by atoms with Crippen molar-refractivity contribution in [2.75, 3.05) is 0 Å². The van der Waals surface area contributed by atoms with E-state index in [4.69, 9.17) is 11.6 Å². The van der Waals surface area contributed by atoms with Gasteiger partial charge in [0, 0.05) is 7.05 Å². The van der Waals surface area contributed by atoms with Crippen LogP contribution in [0.25, 0.3) is 0 Å². The number of aliphatic hydroxyl groups is 1. The van der Waals surface area contributed by atoms with Crippen LogP contribution in [0.1, 0.15) is 20.8 Å². The van der Waals surface area contributed by atoms with Crippen LogP contribution in [0.15, 0.2) is 11.2 Å². The minimum absolute atomic E-state index is 0.0430. The molecule has 1 atom stereocenters. The predicted molar refractivity (Wildman–Crippen MR) is 64.3 cm³/mol. The van der Waals surface area contributed by atoms with Crippen molar-refractivity contribution >= 4 is 21.6 Å². The second-order valence-electron chi connectivity index (χ2n) is 4.42. The van der Waals surface area contributed by atoms with Crippen molar-refractivity contribution in [2.45, 2.75) is 37.4 Å². The third kappa shape index (κ3) is 2.98. The predicted octanol–water partition coefficient (Wildman–Crippen LogP) is 0.511. The van der Waals surface area contributed by atoms with E-state index in [-0.39, 0.29) is 10.0 Å². The molecule has 1 aromatic rings. The maximum absolute atomic E-state index is 12.1. The van der Waals surface area contributed by atoms with Crippen LogP contribution in [-0.2, 0) is 17.1 Å². The highest BCUT2D eigenvalue weighted by Gasteiger charge is 2.33. The molecule has 1 aromatic heterocycles. The Morgan fingerprint density at radius 1 is 1.59 bits per heavy atom. The van der Waals surface area contributed by atoms with Gasteiger partial charge in [-0.2, -0.15) is 5.10 Å². The summed E-state index contributed by atoms with van der Waals surface area (Å²) in [5, 5.41) is 13.2. The molecule has 1 heterocycles. The summed E-state index contributed by atoms with van der Waals surface area (Å²) in [6.07, 6.45) is 0.412. The molecule has 17 heavy (non-hydrogen) atoms. The van der Waals surface area contributed by atoms with Gasteiger partial charge < -0.3 is 5.11 Å². The number of nitrogens with one attached hydrogen (secondary N) is 1. The van der Waals surface area contributed by atoms with Crippen LogP contribution >= 0.6 is 11.6 Å². The Balaban J connectivity index is 3.15. The van der Waals surface area contributed by atoms with E-state index in [2.05, 4.69) is 9.82 Å². The van der Waals surface area contributed by atoms with E-state index in [0.717, 1.165) is 0 Å². The topological polar surface area (TPSA) is 84.2 Å². The molecular formula is C9H16ClN3O3S. The molecule has 0 fully saturated rings. The molecule has 1 unspecified atom stereocenters. The first-order valence-corrected chi connectivity index (χ1v) is 6.83. The van der Waals surface area contributed by atoms with Crippen molar-refractivity contribution < 1.29 is 13.5 Å². The molecule has 0 saturated heterocycles. The number of sulfonamides is 1. The molecule has 8 heteroatoms. The monoisotopic (exact) mass is 281 g/mol. The number of aromatic nitrogens is 2. The Morgan fingerprint density at radius 3 is 2.47 bits per heavy atom. The van der Waals surface area contributed by atoms with E-state index in [0.29, 0.717) is 0 Å². The highest BCUT2D eigenvalue weighted by molar-refractivity contribution is 7.89. The zero-order valence-electron chi connectivity index (χ0n) is 10.1. The average Bonchev–Trinajstić information content (AvgIpc) is 2.44. The summed E-state index contributed by atoms with van der Waals surface area (Å²) in [4.78, 5) is 0. The number of nitrogens with zero attached hydrogens (tertiary/aromatic N) is 2. The fourth-order valence-electron chi connectivity index (χ4n) is 1.18. The van der Waals surface area contributed by atoms with E-state index in [1.165, 1.54) is 24.9 Å². The van der Waals surface area contributed by atoms with Crippen molar-refractivity contribution in [3.63, 3.8) is 0 Å². The van der Waals surface area contributed by atoms with Crippen LogP contribution < -0.4 is 4.72 Å². The lowest BCUT2D eigenvalue weighted by molar-refractivity contribution is 0.111. The van der Waals surface area contributed by atoms with E-state index >= 15 is 0 Å². The number of aryl methyl sites for hydroxylation is 1. The van der Waals surface area contributed by atoms with E-state index in [1.54, 1.807) is 13.8 Å². The lowest BCUT2D eigenvalue weighted by Crippen LogP contribution is -2.51. The summed E-state index contributed by atoms with van der Waals surface area (Å²) >= 11 is 5.77. The van der Waals surface area contributed by atoms with Gasteiger partial charge in [-0.25, -0.2) is 13.1 Å². The first-order valence-electron chi connectivity index (χ1n) is 4.97. The highest BCUT2D eigenvalue weighted by atomic mass is 35.5. The van der Waals surface area contributed by atoms with Crippen molar-refractivity contribution in [2.24, 2.45) is 7.05 Å². The maximum atomic E-state index is 12.1. The van der Waals surface area contributed by atoms with Crippen molar-refractivity contribution in [3.8, 4) is 0 Å². The Morgan fingerprint density at radius 2 is 2.12 bits per heavy atom. The fourth-order valence-corrected chi connectivity index (χ4v) is 3.32. The van der Waals surface area contributed by atoms with Gasteiger partial charge in [0.05, 0.1) is 22.9 Å². The fraction of sp³-hybridized carbons (Fsp3) is 0.667. The molecule has 1 rings (SSSR count). The van der Waals surface area contributed by atoms with Crippen LogP contribution in [-0.4, -0.2) is 34.9 Å². The van der Waals surface area contributed by atoms with Crippen molar-refractivity contribution in [1.82, 2.24) is 14.5 Å². The smallest absolute Gasteiger partial charge is 0.259 e. The van der Waals surface area contributed by atoms with Gasteiger partial charge >= 0.3 is 0 Å². The molecule has 0 bridgehead atoms. The minimum atomic E-state index is -3.82. The normalized spacial score (nSPS) is 14.9. The van der Waals surface area contributed by atoms with E-state index in [9.17, 15) is 13.5 Å². The standard InChI is InChI=1S/C9H16ClN3O3S/c1-6(14)9(2,3)12-17(15,16)8-7(10)5-11-13(8)4/h5-6,12,14H,1-4H3. The van der Waals surface area contributed by atoms with Crippen LogP contribution in [0.5, 0.6) is 0 Å². The van der Waals surface area contributed by atoms with Crippen LogP contribution in [0.3, 0.4) is 0 Å². The number of hydrogen-bond donors (Lipinski definition) is 2. The number of rotatable bonds is 4. The van der Waals surface area contributed by atoms with Gasteiger partial charge in [-0.3, -0.25) is 4.68 Å². The molecule has 0 aliphatic rings. The molecule has 98 valence electrons. The molecule has 0 aliphatic carbocycles. The summed E-state index contributed by atoms with van der Waals surface area (Å²) in [6.45, 7) is 4.67. The Hall–Kier alpha value is -0.630. The van der Waals surface area contributed by atoms with Crippen LogP contribution in [0.4, 0.5) is 0 Å². The third-order valence-corrected chi connectivity index (χ3v) is 4.72. The van der Waals surface area contributed by atoms with Crippen molar-refractivity contribution in [1.29, 1.82) is 0 Å². The van der Waals surface area contributed by atoms with Crippen LogP contribution in [0, 0.1) is 0 Å². The van der Waals surface area contributed by atoms with Gasteiger partial charge in [-0.05, 0) is 20.8 Å². The lowest BCUT2D eigenvalue weighted by atomic mass is 10.0. The Labute approximate surface area is 106 Å². The van der Waals surface area contributed by atoms with Gasteiger partial charge in [-0.15, -0.1) is 0 Å². The molecule has 0 aromatic carbocycles. The molecule has 0 radical (unpaired) electrons. The van der Waals surface area contributed by atoms with Gasteiger partial charge in [0.25, 0.3) is 10.0 Å². The number of halogens is 1. The third-order valence-electron chi connectivity index (χ3n) is 2.54. The second-order valence-corrected chi connectivity index (χ2v) is 6.43. The Kier molecular flexibility index (Phi) is 3.87. The average molecular weight is 282 g/mol. The zero-order valence-corrected chi connectivity index (χ0v) is 11.7. The Bertz CT molecular complexity index is 488. The molecular weight excluding hydrogens is 266 g/mol. The highest BCUT2D eigenvalue weighted by Crippen LogP contribution is 2.22. The summed E-state index contributed by atoms with van der Waals surface area (Å²) in [5.74, 6) is 0. The minimum Gasteiger partial charge on any atom is -0.391 e. The number of aliphatic hydroxyl groups excluding tert-OH is 1. The molecule has 6 nitrogen and oxygen atoms in total. The summed E-state index contributed by atoms with van der Waals surface area (Å²) in [6, 6.07) is 0. The van der Waals surface area contributed by atoms with E-state index < -0.39 is 21.7 Å². The zero-order chi connectivity index (χ0) is 13.4. The van der Waals surface area contributed by atoms with Gasteiger partial charge in [0.2, 0.25) is 0 Å². The summed E-state index contributed by atoms with van der Waals surface area (Å²) < 4.78 is 27.7. The van der Waals surface area contributed by atoms with Gasteiger partial charge in [0.15, 0.2) is 5.03 Å². The number of hydrogen-bond acceptors (Lipinski definition) is 4. The molecule has 2 N–H and O–H groups in total. The molecule has 0 saturated carbocycles. The van der Waals surface area contributed by atoms with Gasteiger partial charge in [-0.1, -0.05) is 11.6 Å². The lowest BCUT2D eigenvalue weighted by Gasteiger charge is -2.28. The van der Waals surface area contributed by atoms with E-state index in [1.807, 2.05) is 0 Å². The first-order chi connectivity index (χ1) is 7.58. The van der Waals surface area contributed by atoms with Crippen LogP contribution in [0.2, 0.25) is 5.02 Å². The molecule has 0 spiro atoms. The van der Waals surface area contributed by atoms with Crippen molar-refractivity contribution in [3.05, 3.63) is 11.2 Å². The molecule has 0 amide bonds. The summed E-state index contributed by atoms with van der Waals surface area (Å²) in [5.41, 5.74) is -0.994.